The summed E-state index contributed by atoms with van der Waals surface area (Å²) >= 11 is 0. The summed E-state index contributed by atoms with van der Waals surface area (Å²) < 4.78 is 10.4. The maximum absolute atomic E-state index is 5.45. The summed E-state index contributed by atoms with van der Waals surface area (Å²) in [6, 6.07) is 15.1. The zero-order valence-corrected chi connectivity index (χ0v) is 16.0. The molecule has 0 heterocycles. The number of hydrogen-bond donors (Lipinski definition) is 2. The number of hydrogen-bond acceptors (Lipinski definition) is 3. The van der Waals surface area contributed by atoms with E-state index in [0.29, 0.717) is 19.8 Å². The highest BCUT2D eigenvalue weighted by molar-refractivity contribution is 5.83. The van der Waals surface area contributed by atoms with Crippen LogP contribution in [0.2, 0.25) is 0 Å². The van der Waals surface area contributed by atoms with Gasteiger partial charge in [-0.25, -0.2) is 0 Å². The van der Waals surface area contributed by atoms with Crippen LogP contribution in [0.25, 0.3) is 10.8 Å². The quantitative estimate of drug-likeness (QED) is 0.369. The molecule has 0 spiro atoms. The minimum atomic E-state index is 0.641. The molecule has 2 N–H and O–H groups in total. The monoisotopic (exact) mass is 357 g/mol. The van der Waals surface area contributed by atoms with Crippen LogP contribution in [-0.4, -0.2) is 52.5 Å². The van der Waals surface area contributed by atoms with E-state index in [9.17, 15) is 0 Å². The number of aliphatic imine (C=N–C) groups is 1. The van der Waals surface area contributed by atoms with Crippen molar-refractivity contribution >= 4 is 16.7 Å². The van der Waals surface area contributed by atoms with E-state index in [2.05, 4.69) is 65.0 Å². The van der Waals surface area contributed by atoms with Crippen molar-refractivity contribution in [3.05, 3.63) is 48.0 Å². The van der Waals surface area contributed by atoms with E-state index in [1.807, 2.05) is 0 Å². The summed E-state index contributed by atoms with van der Waals surface area (Å²) in [6.45, 7) is 6.53. The van der Waals surface area contributed by atoms with Crippen molar-refractivity contribution in [2.45, 2.75) is 19.8 Å². The number of nitrogens with zero attached hydrogens (tertiary/aromatic N) is 1. The van der Waals surface area contributed by atoms with Gasteiger partial charge in [-0.15, -0.1) is 0 Å². The lowest BCUT2D eigenvalue weighted by Crippen LogP contribution is -2.38. The Hall–Kier alpha value is -2.11. The number of ether oxygens (including phenoxy) is 2. The molecule has 0 aromatic heterocycles. The van der Waals surface area contributed by atoms with Crippen molar-refractivity contribution < 1.29 is 9.47 Å². The van der Waals surface area contributed by atoms with Crippen molar-refractivity contribution in [1.29, 1.82) is 0 Å². The summed E-state index contributed by atoms with van der Waals surface area (Å²) in [5.74, 6) is 0.866. The lowest BCUT2D eigenvalue weighted by Gasteiger charge is -2.11. The van der Waals surface area contributed by atoms with E-state index in [4.69, 9.17) is 9.47 Å². The topological polar surface area (TPSA) is 54.9 Å². The molecule has 5 heteroatoms. The van der Waals surface area contributed by atoms with Crippen LogP contribution in [0.3, 0.4) is 0 Å². The summed E-state index contributed by atoms with van der Waals surface area (Å²) in [7, 11) is 1.68. The van der Waals surface area contributed by atoms with Crippen LogP contribution < -0.4 is 10.6 Å². The molecule has 2 rings (SSSR count). The Morgan fingerprint density at radius 3 is 2.65 bits per heavy atom. The molecular formula is C21H31N3O2. The molecule has 0 saturated heterocycles. The summed E-state index contributed by atoms with van der Waals surface area (Å²) in [5, 5.41) is 9.27. The maximum Gasteiger partial charge on any atom is 0.191 e. The van der Waals surface area contributed by atoms with Crippen LogP contribution in [0.15, 0.2) is 47.5 Å². The van der Waals surface area contributed by atoms with E-state index in [1.54, 1.807) is 7.11 Å². The molecule has 0 atom stereocenters. The number of nitrogens with one attached hydrogen (secondary N) is 2. The third-order valence-electron chi connectivity index (χ3n) is 4.01. The predicted molar refractivity (Wildman–Crippen MR) is 109 cm³/mol. The van der Waals surface area contributed by atoms with Crippen LogP contribution >= 0.6 is 0 Å². The molecule has 2 aromatic rings. The van der Waals surface area contributed by atoms with Gasteiger partial charge in [0.05, 0.1) is 13.2 Å². The molecule has 142 valence electrons. The Bertz CT molecular complexity index is 673. The molecule has 5 nitrogen and oxygen atoms in total. The molecule has 0 aliphatic heterocycles. The minimum Gasteiger partial charge on any atom is -0.382 e. The van der Waals surface area contributed by atoms with Crippen molar-refractivity contribution in [3.8, 4) is 0 Å². The van der Waals surface area contributed by atoms with Crippen LogP contribution in [0.1, 0.15) is 18.9 Å². The number of fused-ring (bicyclic) bond motifs is 1. The van der Waals surface area contributed by atoms with E-state index >= 15 is 0 Å². The Kier molecular flexibility index (Phi) is 9.54. The van der Waals surface area contributed by atoms with Gasteiger partial charge in [-0.2, -0.15) is 0 Å². The molecule has 0 unspecified atom stereocenters. The normalized spacial score (nSPS) is 11.7. The highest BCUT2D eigenvalue weighted by Crippen LogP contribution is 2.15. The standard InChI is InChI=1S/C21H31N3O2/c1-3-22-21(23-12-6-14-26-16-15-25-2)24-13-11-18-9-10-19-7-4-5-8-20(19)17-18/h4-5,7-10,17H,3,6,11-16H2,1-2H3,(H2,22,23,24). The third kappa shape index (κ3) is 7.42. The van der Waals surface area contributed by atoms with Crippen molar-refractivity contribution in [3.63, 3.8) is 0 Å². The summed E-state index contributed by atoms with van der Waals surface area (Å²) in [5.41, 5.74) is 1.33. The second-order valence-electron chi connectivity index (χ2n) is 6.08. The van der Waals surface area contributed by atoms with Gasteiger partial charge in [0.2, 0.25) is 0 Å². The van der Waals surface area contributed by atoms with E-state index in [0.717, 1.165) is 38.4 Å². The molecule has 0 radical (unpaired) electrons. The molecule has 0 aliphatic rings. The highest BCUT2D eigenvalue weighted by Gasteiger charge is 1.99. The fourth-order valence-electron chi connectivity index (χ4n) is 2.66. The Labute approximate surface area is 156 Å². The largest absolute Gasteiger partial charge is 0.382 e. The van der Waals surface area contributed by atoms with Crippen LogP contribution in [0.5, 0.6) is 0 Å². The Morgan fingerprint density at radius 2 is 1.85 bits per heavy atom. The van der Waals surface area contributed by atoms with Crippen LogP contribution in [0, 0.1) is 0 Å². The van der Waals surface area contributed by atoms with Gasteiger partial charge in [0, 0.05) is 33.4 Å². The van der Waals surface area contributed by atoms with Crippen molar-refractivity contribution in [1.82, 2.24) is 10.6 Å². The number of methoxy groups -OCH3 is 1. The summed E-state index contributed by atoms with van der Waals surface area (Å²) in [6.07, 6.45) is 1.88. The van der Waals surface area contributed by atoms with Gasteiger partial charge in [-0.05, 0) is 36.1 Å². The fraction of sp³-hybridized carbons (Fsp3) is 0.476. The molecule has 0 amide bonds. The van der Waals surface area contributed by atoms with E-state index < -0.39 is 0 Å². The predicted octanol–water partition coefficient (Wildman–Crippen LogP) is 2.99. The third-order valence-corrected chi connectivity index (χ3v) is 4.01. The minimum absolute atomic E-state index is 0.641. The molecule has 0 fully saturated rings. The lowest BCUT2D eigenvalue weighted by atomic mass is 10.1. The Morgan fingerprint density at radius 1 is 1.00 bits per heavy atom. The van der Waals surface area contributed by atoms with E-state index in [-0.39, 0.29) is 0 Å². The average Bonchev–Trinajstić information content (AvgIpc) is 2.67. The lowest BCUT2D eigenvalue weighted by molar-refractivity contribution is 0.0702. The first-order valence-corrected chi connectivity index (χ1v) is 9.40. The smallest absolute Gasteiger partial charge is 0.191 e. The van der Waals surface area contributed by atoms with Crippen LogP contribution in [-0.2, 0) is 15.9 Å². The van der Waals surface area contributed by atoms with Gasteiger partial charge in [-0.3, -0.25) is 4.99 Å². The summed E-state index contributed by atoms with van der Waals surface area (Å²) in [4.78, 5) is 4.60. The first kappa shape index (κ1) is 20.2. The van der Waals surface area contributed by atoms with Gasteiger partial charge in [-0.1, -0.05) is 42.5 Å². The van der Waals surface area contributed by atoms with Crippen molar-refractivity contribution in [2.24, 2.45) is 4.99 Å². The number of guanidine groups is 1. The molecule has 26 heavy (non-hydrogen) atoms. The molecule has 0 saturated carbocycles. The van der Waals surface area contributed by atoms with Gasteiger partial charge in [0.15, 0.2) is 5.96 Å². The molecule has 0 bridgehead atoms. The molecule has 0 aliphatic carbocycles. The maximum atomic E-state index is 5.45. The highest BCUT2D eigenvalue weighted by atomic mass is 16.5. The second-order valence-corrected chi connectivity index (χ2v) is 6.08. The van der Waals surface area contributed by atoms with Crippen LogP contribution in [0.4, 0.5) is 0 Å². The first-order chi connectivity index (χ1) is 12.8. The SMILES string of the molecule is CCNC(=NCCCOCCOC)NCCc1ccc2ccccc2c1. The molecule has 2 aromatic carbocycles. The number of rotatable bonds is 11. The zero-order valence-electron chi connectivity index (χ0n) is 16.0. The van der Waals surface area contributed by atoms with Gasteiger partial charge in [0.25, 0.3) is 0 Å². The van der Waals surface area contributed by atoms with Gasteiger partial charge < -0.3 is 20.1 Å². The Balaban J connectivity index is 1.73. The van der Waals surface area contributed by atoms with Crippen molar-refractivity contribution in [2.75, 3.05) is 46.6 Å². The molecular weight excluding hydrogens is 326 g/mol. The van der Waals surface area contributed by atoms with Gasteiger partial charge >= 0.3 is 0 Å². The van der Waals surface area contributed by atoms with E-state index in [1.165, 1.54) is 16.3 Å². The number of benzene rings is 2. The zero-order chi connectivity index (χ0) is 18.5. The average molecular weight is 357 g/mol. The fourth-order valence-corrected chi connectivity index (χ4v) is 2.66. The van der Waals surface area contributed by atoms with Gasteiger partial charge in [0.1, 0.15) is 0 Å². The first-order valence-electron chi connectivity index (χ1n) is 9.40. The second kappa shape index (κ2) is 12.3.